The van der Waals surface area contributed by atoms with Gasteiger partial charge >= 0.3 is 6.03 Å². The molecular weight excluding hydrogens is 459 g/mol. The summed E-state index contributed by atoms with van der Waals surface area (Å²) in [7, 11) is 1.57. The molecule has 8 nitrogen and oxygen atoms in total. The molecule has 184 valence electrons. The van der Waals surface area contributed by atoms with Gasteiger partial charge in [-0.15, -0.1) is 5.10 Å². The summed E-state index contributed by atoms with van der Waals surface area (Å²) in [5.41, 5.74) is 5.93. The van der Waals surface area contributed by atoms with Gasteiger partial charge in [-0.1, -0.05) is 6.07 Å². The van der Waals surface area contributed by atoms with E-state index in [2.05, 4.69) is 15.2 Å². The van der Waals surface area contributed by atoms with E-state index in [4.69, 9.17) is 4.74 Å². The average molecular weight is 487 g/mol. The largest absolute Gasteiger partial charge is 0.496 e. The minimum atomic E-state index is -0.350. The van der Waals surface area contributed by atoms with Crippen LogP contribution in [0.1, 0.15) is 25.3 Å². The highest BCUT2D eigenvalue weighted by Crippen LogP contribution is 2.42. The third kappa shape index (κ3) is 3.57. The van der Waals surface area contributed by atoms with Crippen molar-refractivity contribution < 1.29 is 13.9 Å². The zero-order valence-electron chi connectivity index (χ0n) is 20.4. The van der Waals surface area contributed by atoms with Crippen LogP contribution in [-0.4, -0.2) is 57.4 Å². The lowest BCUT2D eigenvalue weighted by atomic mass is 9.96. The zero-order chi connectivity index (χ0) is 24.8. The van der Waals surface area contributed by atoms with Gasteiger partial charge in [0.25, 0.3) is 0 Å². The van der Waals surface area contributed by atoms with E-state index in [0.29, 0.717) is 29.1 Å². The Bertz CT molecular complexity index is 1480. The van der Waals surface area contributed by atoms with Crippen LogP contribution in [0.5, 0.6) is 5.75 Å². The van der Waals surface area contributed by atoms with Crippen LogP contribution in [0.2, 0.25) is 0 Å². The molecule has 6 rings (SSSR count). The average Bonchev–Trinajstić information content (AvgIpc) is 3.67. The molecule has 0 bridgehead atoms. The van der Waals surface area contributed by atoms with Crippen LogP contribution < -0.4 is 9.64 Å². The van der Waals surface area contributed by atoms with E-state index in [1.54, 1.807) is 25.7 Å². The van der Waals surface area contributed by atoms with Gasteiger partial charge in [0.05, 0.1) is 25.3 Å². The summed E-state index contributed by atoms with van der Waals surface area (Å²) in [5.74, 6) is 0.177. The molecule has 2 amide bonds. The first kappa shape index (κ1) is 22.5. The van der Waals surface area contributed by atoms with Crippen LogP contribution in [0.25, 0.3) is 33.4 Å². The van der Waals surface area contributed by atoms with Crippen molar-refractivity contribution in [3.05, 3.63) is 54.2 Å². The summed E-state index contributed by atoms with van der Waals surface area (Å²) in [5, 5.41) is 8.40. The fraction of sp³-hybridized carbons (Fsp3) is 0.333. The number of imidazole rings is 1. The van der Waals surface area contributed by atoms with Crippen molar-refractivity contribution in [1.29, 1.82) is 0 Å². The molecule has 0 radical (unpaired) electrons. The molecule has 0 aliphatic carbocycles. The normalized spacial score (nSPS) is 15.1. The van der Waals surface area contributed by atoms with Crippen molar-refractivity contribution in [2.75, 3.05) is 31.6 Å². The molecule has 36 heavy (non-hydrogen) atoms. The fourth-order valence-corrected chi connectivity index (χ4v) is 5.29. The number of aromatic nitrogens is 4. The van der Waals surface area contributed by atoms with Crippen LogP contribution in [0.3, 0.4) is 0 Å². The number of carbonyl (C=O) groups excluding carboxylic acids is 1. The van der Waals surface area contributed by atoms with Gasteiger partial charge in [0.15, 0.2) is 5.65 Å². The summed E-state index contributed by atoms with van der Waals surface area (Å²) in [6, 6.07) is 8.87. The Balaban J connectivity index is 1.42. The summed E-state index contributed by atoms with van der Waals surface area (Å²) >= 11 is 0. The van der Waals surface area contributed by atoms with Crippen molar-refractivity contribution in [1.82, 2.24) is 24.6 Å². The second-order valence-corrected chi connectivity index (χ2v) is 9.22. The van der Waals surface area contributed by atoms with Crippen molar-refractivity contribution in [2.45, 2.75) is 32.7 Å². The van der Waals surface area contributed by atoms with Gasteiger partial charge in [0.1, 0.15) is 17.1 Å². The van der Waals surface area contributed by atoms with E-state index < -0.39 is 0 Å². The van der Waals surface area contributed by atoms with Gasteiger partial charge in [-0.25, -0.2) is 14.2 Å². The highest BCUT2D eigenvalue weighted by Gasteiger charge is 2.31. The highest BCUT2D eigenvalue weighted by atomic mass is 19.1. The van der Waals surface area contributed by atoms with Crippen LogP contribution in [0.15, 0.2) is 42.9 Å². The monoisotopic (exact) mass is 486 g/mol. The van der Waals surface area contributed by atoms with E-state index in [0.717, 1.165) is 66.8 Å². The molecule has 2 aliphatic rings. The maximum Gasteiger partial charge on any atom is 0.324 e. The third-order valence-electron chi connectivity index (χ3n) is 7.22. The molecule has 4 heterocycles. The number of benzene rings is 2. The van der Waals surface area contributed by atoms with Crippen LogP contribution in [-0.2, 0) is 13.0 Å². The lowest BCUT2D eigenvalue weighted by Gasteiger charge is -2.25. The molecule has 0 unspecified atom stereocenters. The van der Waals surface area contributed by atoms with E-state index in [9.17, 15) is 4.79 Å². The molecule has 0 N–H and O–H groups in total. The number of nitrogens with zero attached hydrogens (tertiary/aromatic N) is 6. The van der Waals surface area contributed by atoms with Crippen molar-refractivity contribution in [3.8, 4) is 28.0 Å². The summed E-state index contributed by atoms with van der Waals surface area (Å²) < 4.78 is 22.9. The van der Waals surface area contributed by atoms with E-state index in [1.165, 1.54) is 6.07 Å². The van der Waals surface area contributed by atoms with Crippen LogP contribution >= 0.6 is 0 Å². The van der Waals surface area contributed by atoms with Gasteiger partial charge in [0, 0.05) is 48.9 Å². The lowest BCUT2D eigenvalue weighted by Crippen LogP contribution is -2.40. The SMILES string of the molecule is CCn1cnc2c(-c3ccc(F)c(-c4cc5c(cc4OC)N(C(=O)N4CCCC4)CC5)c3)cnnc21. The first-order chi connectivity index (χ1) is 17.6. The van der Waals surface area contributed by atoms with E-state index in [1.807, 2.05) is 39.5 Å². The number of halogens is 1. The third-order valence-corrected chi connectivity index (χ3v) is 7.22. The van der Waals surface area contributed by atoms with Crippen molar-refractivity contribution in [2.24, 2.45) is 0 Å². The minimum Gasteiger partial charge on any atom is -0.496 e. The molecule has 0 atom stereocenters. The Labute approximate surface area is 208 Å². The number of aryl methyl sites for hydroxylation is 1. The van der Waals surface area contributed by atoms with Crippen molar-refractivity contribution >= 4 is 22.9 Å². The molecule has 1 fully saturated rings. The number of carbonyl (C=O) groups is 1. The predicted octanol–water partition coefficient (Wildman–Crippen LogP) is 4.91. The van der Waals surface area contributed by atoms with Crippen molar-refractivity contribution in [3.63, 3.8) is 0 Å². The molecule has 2 aliphatic heterocycles. The molecular formula is C27H27FN6O2. The minimum absolute atomic E-state index is 0.0370. The van der Waals surface area contributed by atoms with Gasteiger partial charge < -0.3 is 14.2 Å². The Kier molecular flexibility index (Phi) is 5.55. The molecule has 1 saturated heterocycles. The quantitative estimate of drug-likeness (QED) is 0.410. The number of anilines is 1. The smallest absolute Gasteiger partial charge is 0.324 e. The molecule has 2 aromatic carbocycles. The Morgan fingerprint density at radius 3 is 2.69 bits per heavy atom. The van der Waals surface area contributed by atoms with Gasteiger partial charge in [-0.3, -0.25) is 4.90 Å². The standard InChI is InChI=1S/C27H27FN6O2/c1-3-32-16-29-25-21(15-30-31-26(25)32)17-6-7-22(28)19(12-17)20-13-18-8-11-34(23(18)14-24(20)36-2)27(35)33-9-4-5-10-33/h6-7,12-16H,3-5,8-11H2,1-2H3. The Morgan fingerprint density at radius 1 is 1.08 bits per heavy atom. The zero-order valence-corrected chi connectivity index (χ0v) is 20.4. The molecule has 9 heteroatoms. The first-order valence-corrected chi connectivity index (χ1v) is 12.3. The number of likely N-dealkylation sites (tertiary alicyclic amines) is 1. The number of amides is 2. The summed E-state index contributed by atoms with van der Waals surface area (Å²) in [6.07, 6.45) is 6.21. The number of urea groups is 1. The molecule has 2 aromatic heterocycles. The van der Waals surface area contributed by atoms with E-state index in [-0.39, 0.29) is 11.8 Å². The topological polar surface area (TPSA) is 76.4 Å². The lowest BCUT2D eigenvalue weighted by molar-refractivity contribution is 0.216. The maximum atomic E-state index is 15.2. The second kappa shape index (κ2) is 8.89. The van der Waals surface area contributed by atoms with Gasteiger partial charge in [-0.2, -0.15) is 5.10 Å². The number of fused-ring (bicyclic) bond motifs is 2. The van der Waals surface area contributed by atoms with Gasteiger partial charge in [-0.05, 0) is 55.5 Å². The molecule has 0 spiro atoms. The van der Waals surface area contributed by atoms with E-state index >= 15 is 4.39 Å². The first-order valence-electron chi connectivity index (χ1n) is 12.3. The number of hydrogen-bond donors (Lipinski definition) is 0. The number of ether oxygens (including phenoxy) is 1. The van der Waals surface area contributed by atoms with Gasteiger partial charge in [0.2, 0.25) is 0 Å². The second-order valence-electron chi connectivity index (χ2n) is 9.22. The van der Waals surface area contributed by atoms with Crippen LogP contribution in [0, 0.1) is 5.82 Å². The van der Waals surface area contributed by atoms with Crippen LogP contribution in [0.4, 0.5) is 14.9 Å². The summed E-state index contributed by atoms with van der Waals surface area (Å²) in [6.45, 7) is 4.95. The number of rotatable bonds is 4. The Hall–Kier alpha value is -4.01. The highest BCUT2D eigenvalue weighted by molar-refractivity contribution is 5.96. The molecule has 4 aromatic rings. The maximum absolute atomic E-state index is 15.2. The fourth-order valence-electron chi connectivity index (χ4n) is 5.29. The number of hydrogen-bond acceptors (Lipinski definition) is 5. The molecule has 0 saturated carbocycles. The number of methoxy groups -OCH3 is 1. The Morgan fingerprint density at radius 2 is 1.92 bits per heavy atom. The predicted molar refractivity (Wildman–Crippen MR) is 136 cm³/mol. The summed E-state index contributed by atoms with van der Waals surface area (Å²) in [4.78, 5) is 21.3.